The van der Waals surface area contributed by atoms with Crippen LogP contribution in [-0.2, 0) is 6.54 Å². The largest absolute Gasteiger partial charge is 0.380 e. The van der Waals surface area contributed by atoms with Gasteiger partial charge in [0.15, 0.2) is 0 Å². The predicted molar refractivity (Wildman–Crippen MR) is 92.7 cm³/mol. The molecule has 0 saturated carbocycles. The van der Waals surface area contributed by atoms with E-state index in [0.717, 1.165) is 22.3 Å². The van der Waals surface area contributed by atoms with Gasteiger partial charge in [-0.2, -0.15) is 0 Å². The number of benzene rings is 1. The van der Waals surface area contributed by atoms with Crippen LogP contribution in [0.25, 0.3) is 11.0 Å². The van der Waals surface area contributed by atoms with Gasteiger partial charge < -0.3 is 20.9 Å². The minimum absolute atomic E-state index is 0.388. The van der Waals surface area contributed by atoms with Crippen molar-refractivity contribution in [2.45, 2.75) is 6.54 Å². The fourth-order valence-corrected chi connectivity index (χ4v) is 2.67. The van der Waals surface area contributed by atoms with E-state index in [0.29, 0.717) is 17.8 Å². The first-order chi connectivity index (χ1) is 11.1. The number of carbonyl (C=O) groups is 1. The zero-order valence-corrected chi connectivity index (χ0v) is 13.1. The molecule has 0 saturated heterocycles. The SMILES string of the molecule is CN(C)c1ccccc1CNc1c(C(N)=O)cnc2[nH]ccc12. The summed E-state index contributed by atoms with van der Waals surface area (Å²) in [5, 5.41) is 4.20. The van der Waals surface area contributed by atoms with Crippen molar-refractivity contribution in [2.75, 3.05) is 24.3 Å². The Labute approximate surface area is 134 Å². The summed E-state index contributed by atoms with van der Waals surface area (Å²) in [5.41, 5.74) is 9.56. The molecule has 0 aliphatic rings. The minimum atomic E-state index is -0.496. The van der Waals surface area contributed by atoms with E-state index in [9.17, 15) is 4.79 Å². The number of hydrogen-bond acceptors (Lipinski definition) is 4. The fraction of sp³-hybridized carbons (Fsp3) is 0.176. The maximum atomic E-state index is 11.7. The molecule has 0 aliphatic carbocycles. The highest BCUT2D eigenvalue weighted by atomic mass is 16.1. The zero-order valence-electron chi connectivity index (χ0n) is 13.1. The number of aromatic nitrogens is 2. The maximum absolute atomic E-state index is 11.7. The van der Waals surface area contributed by atoms with Crippen LogP contribution < -0.4 is 16.0 Å². The monoisotopic (exact) mass is 309 g/mol. The van der Waals surface area contributed by atoms with Crippen LogP contribution >= 0.6 is 0 Å². The van der Waals surface area contributed by atoms with Gasteiger partial charge in [0.05, 0.1) is 11.3 Å². The van der Waals surface area contributed by atoms with Crippen molar-refractivity contribution in [3.63, 3.8) is 0 Å². The van der Waals surface area contributed by atoms with Gasteiger partial charge in [0, 0.05) is 44.1 Å². The van der Waals surface area contributed by atoms with Gasteiger partial charge in [-0.15, -0.1) is 0 Å². The lowest BCUT2D eigenvalue weighted by molar-refractivity contribution is 0.100. The quantitative estimate of drug-likeness (QED) is 0.675. The molecule has 0 atom stereocenters. The van der Waals surface area contributed by atoms with Gasteiger partial charge in [0.1, 0.15) is 5.65 Å². The van der Waals surface area contributed by atoms with E-state index in [4.69, 9.17) is 5.73 Å². The number of para-hydroxylation sites is 1. The van der Waals surface area contributed by atoms with Crippen LogP contribution in [0.2, 0.25) is 0 Å². The van der Waals surface area contributed by atoms with E-state index in [1.54, 1.807) is 6.20 Å². The number of fused-ring (bicyclic) bond motifs is 1. The van der Waals surface area contributed by atoms with Crippen LogP contribution in [-0.4, -0.2) is 30.0 Å². The predicted octanol–water partition coefficient (Wildman–Crippen LogP) is 2.34. The molecule has 0 bridgehead atoms. The number of rotatable bonds is 5. The van der Waals surface area contributed by atoms with Crippen molar-refractivity contribution in [2.24, 2.45) is 5.73 Å². The van der Waals surface area contributed by atoms with Crippen LogP contribution in [0, 0.1) is 0 Å². The normalized spacial score (nSPS) is 10.7. The first-order valence-corrected chi connectivity index (χ1v) is 7.33. The summed E-state index contributed by atoms with van der Waals surface area (Å²) >= 11 is 0. The molecule has 4 N–H and O–H groups in total. The third kappa shape index (κ3) is 2.83. The lowest BCUT2D eigenvalue weighted by Crippen LogP contribution is -2.16. The third-order valence-corrected chi connectivity index (χ3v) is 3.78. The number of anilines is 2. The molecule has 2 aromatic heterocycles. The number of nitrogens with two attached hydrogens (primary N) is 1. The molecule has 1 amide bonds. The Morgan fingerprint density at radius 2 is 2.09 bits per heavy atom. The number of nitrogens with zero attached hydrogens (tertiary/aromatic N) is 2. The molecule has 23 heavy (non-hydrogen) atoms. The Morgan fingerprint density at radius 3 is 2.83 bits per heavy atom. The van der Waals surface area contributed by atoms with E-state index in [1.165, 1.54) is 6.20 Å². The molecule has 6 heteroatoms. The van der Waals surface area contributed by atoms with Crippen LogP contribution in [0.3, 0.4) is 0 Å². The Hall–Kier alpha value is -3.02. The number of pyridine rings is 1. The Morgan fingerprint density at radius 1 is 1.30 bits per heavy atom. The van der Waals surface area contributed by atoms with Gasteiger partial charge in [-0.05, 0) is 17.7 Å². The number of H-pyrrole nitrogens is 1. The summed E-state index contributed by atoms with van der Waals surface area (Å²) < 4.78 is 0. The second-order valence-corrected chi connectivity index (χ2v) is 5.53. The van der Waals surface area contributed by atoms with Gasteiger partial charge in [-0.25, -0.2) is 4.98 Å². The molecule has 2 heterocycles. The van der Waals surface area contributed by atoms with Crippen molar-refractivity contribution in [3.05, 3.63) is 53.9 Å². The molecule has 3 rings (SSSR count). The summed E-state index contributed by atoms with van der Waals surface area (Å²) in [6.07, 6.45) is 3.29. The van der Waals surface area contributed by atoms with Crippen molar-refractivity contribution in [1.82, 2.24) is 9.97 Å². The van der Waals surface area contributed by atoms with Gasteiger partial charge in [-0.1, -0.05) is 18.2 Å². The highest BCUT2D eigenvalue weighted by molar-refractivity contribution is 6.05. The smallest absolute Gasteiger partial charge is 0.252 e. The number of amides is 1. The van der Waals surface area contributed by atoms with Gasteiger partial charge in [0.2, 0.25) is 0 Å². The minimum Gasteiger partial charge on any atom is -0.380 e. The Bertz CT molecular complexity index is 853. The van der Waals surface area contributed by atoms with Crippen molar-refractivity contribution in [3.8, 4) is 0 Å². The average Bonchev–Trinajstić information content (AvgIpc) is 3.01. The molecule has 0 unspecified atom stereocenters. The second-order valence-electron chi connectivity index (χ2n) is 5.53. The molecule has 118 valence electrons. The second kappa shape index (κ2) is 6.00. The molecule has 0 radical (unpaired) electrons. The summed E-state index contributed by atoms with van der Waals surface area (Å²) in [6, 6.07) is 10.0. The summed E-state index contributed by atoms with van der Waals surface area (Å²) in [6.45, 7) is 0.582. The van der Waals surface area contributed by atoms with Gasteiger partial charge >= 0.3 is 0 Å². The molecule has 0 fully saturated rings. The summed E-state index contributed by atoms with van der Waals surface area (Å²) in [7, 11) is 4.01. The zero-order chi connectivity index (χ0) is 16.4. The summed E-state index contributed by atoms with van der Waals surface area (Å²) in [4.78, 5) is 21.0. The topological polar surface area (TPSA) is 87.0 Å². The highest BCUT2D eigenvalue weighted by Crippen LogP contribution is 2.27. The summed E-state index contributed by atoms with van der Waals surface area (Å²) in [5.74, 6) is -0.496. The van der Waals surface area contributed by atoms with Gasteiger partial charge in [0.25, 0.3) is 5.91 Å². The van der Waals surface area contributed by atoms with Crippen LogP contribution in [0.4, 0.5) is 11.4 Å². The van der Waals surface area contributed by atoms with Gasteiger partial charge in [-0.3, -0.25) is 4.79 Å². The standard InChI is InChI=1S/C17H19N5O/c1-22(2)14-6-4-3-5-11(14)9-20-15-12-7-8-19-17(12)21-10-13(15)16(18)23/h3-8,10H,9H2,1-2H3,(H2,18,23)(H2,19,20,21). The Balaban J connectivity index is 1.97. The lowest BCUT2D eigenvalue weighted by atomic mass is 10.1. The van der Waals surface area contributed by atoms with Crippen molar-refractivity contribution >= 4 is 28.3 Å². The lowest BCUT2D eigenvalue weighted by Gasteiger charge is -2.18. The molecule has 0 spiro atoms. The maximum Gasteiger partial charge on any atom is 0.252 e. The van der Waals surface area contributed by atoms with E-state index in [1.807, 2.05) is 32.3 Å². The fourth-order valence-electron chi connectivity index (χ4n) is 2.67. The number of hydrogen-bond donors (Lipinski definition) is 3. The first kappa shape index (κ1) is 14.9. The number of aromatic amines is 1. The van der Waals surface area contributed by atoms with Crippen molar-refractivity contribution < 1.29 is 4.79 Å². The van der Waals surface area contributed by atoms with Crippen LogP contribution in [0.5, 0.6) is 0 Å². The van der Waals surface area contributed by atoms with E-state index in [-0.39, 0.29) is 0 Å². The average molecular weight is 309 g/mol. The van der Waals surface area contributed by atoms with Crippen LogP contribution in [0.15, 0.2) is 42.7 Å². The van der Waals surface area contributed by atoms with E-state index in [2.05, 4.69) is 32.3 Å². The van der Waals surface area contributed by atoms with E-state index >= 15 is 0 Å². The first-order valence-electron chi connectivity index (χ1n) is 7.33. The number of primary amides is 1. The van der Waals surface area contributed by atoms with Crippen LogP contribution in [0.1, 0.15) is 15.9 Å². The number of carbonyl (C=O) groups excluding carboxylic acids is 1. The molecule has 0 aliphatic heterocycles. The molecular formula is C17H19N5O. The molecular weight excluding hydrogens is 290 g/mol. The highest BCUT2D eigenvalue weighted by Gasteiger charge is 2.14. The molecule has 1 aromatic carbocycles. The third-order valence-electron chi connectivity index (χ3n) is 3.78. The van der Waals surface area contributed by atoms with E-state index < -0.39 is 5.91 Å². The molecule has 3 aromatic rings. The Kier molecular flexibility index (Phi) is 3.89. The van der Waals surface area contributed by atoms with Crippen molar-refractivity contribution in [1.29, 1.82) is 0 Å². The molecule has 6 nitrogen and oxygen atoms in total. The number of nitrogens with one attached hydrogen (secondary N) is 2.